The van der Waals surface area contributed by atoms with E-state index in [1.54, 1.807) is 12.1 Å². The third-order valence-electron chi connectivity index (χ3n) is 5.07. The first-order valence-electron chi connectivity index (χ1n) is 9.76. The van der Waals surface area contributed by atoms with Crippen LogP contribution in [0.4, 0.5) is 0 Å². The smallest absolute Gasteiger partial charge is 0.293 e. The summed E-state index contributed by atoms with van der Waals surface area (Å²) in [5.74, 6) is 0.236. The highest BCUT2D eigenvalue weighted by atomic mass is 32.2. The number of piperidine rings is 1. The van der Waals surface area contributed by atoms with Crippen molar-refractivity contribution in [2.24, 2.45) is 0 Å². The van der Waals surface area contributed by atoms with Crippen molar-refractivity contribution < 1.29 is 13.5 Å². The van der Waals surface area contributed by atoms with Gasteiger partial charge in [0.1, 0.15) is 5.75 Å². The second-order valence-electron chi connectivity index (χ2n) is 9.52. The quantitative estimate of drug-likeness (QED) is 0.720. The molecule has 1 aliphatic rings. The Balaban J connectivity index is 2.64. The van der Waals surface area contributed by atoms with Crippen LogP contribution in [-0.2, 0) is 20.9 Å². The van der Waals surface area contributed by atoms with Crippen LogP contribution >= 0.6 is 0 Å². The maximum absolute atomic E-state index is 12.9. The number of hydrogen-bond donors (Lipinski definition) is 1. The molecule has 0 unspecified atom stereocenters. The van der Waals surface area contributed by atoms with Crippen LogP contribution in [0.1, 0.15) is 77.5 Å². The molecule has 1 aromatic carbocycles. The minimum absolute atomic E-state index is 0.236. The number of phenols is 1. The zero-order chi connectivity index (χ0) is 21.3. The number of benzene rings is 1. The summed E-state index contributed by atoms with van der Waals surface area (Å²) in [6.07, 6.45) is 4.11. The van der Waals surface area contributed by atoms with Crippen molar-refractivity contribution in [2.75, 3.05) is 13.1 Å². The van der Waals surface area contributed by atoms with Crippen LogP contribution in [0.2, 0.25) is 0 Å². The van der Waals surface area contributed by atoms with E-state index < -0.39 is 10.0 Å². The Morgan fingerprint density at radius 1 is 1.04 bits per heavy atom. The van der Waals surface area contributed by atoms with Crippen LogP contribution in [-0.4, -0.2) is 30.9 Å². The lowest BCUT2D eigenvalue weighted by molar-refractivity contribution is 0.350. The topological polar surface area (TPSA) is 62.0 Å². The predicted octanol–water partition coefficient (Wildman–Crippen LogP) is 5.02. The van der Waals surface area contributed by atoms with Crippen molar-refractivity contribution >= 4 is 16.1 Å². The first-order valence-corrected chi connectivity index (χ1v) is 11.2. The molecule has 0 atom stereocenters. The molecule has 0 saturated carbocycles. The Labute approximate surface area is 169 Å². The lowest BCUT2D eigenvalue weighted by Crippen LogP contribution is -2.35. The van der Waals surface area contributed by atoms with Crippen LogP contribution in [0.15, 0.2) is 17.2 Å². The van der Waals surface area contributed by atoms with E-state index in [4.69, 9.17) is 6.57 Å². The van der Waals surface area contributed by atoms with Crippen molar-refractivity contribution in [2.45, 2.75) is 71.6 Å². The Kier molecular flexibility index (Phi) is 6.32. The summed E-state index contributed by atoms with van der Waals surface area (Å²) in [6.45, 7) is 20.4. The van der Waals surface area contributed by atoms with Gasteiger partial charge in [-0.05, 0) is 47.4 Å². The molecule has 1 aliphatic heterocycles. The van der Waals surface area contributed by atoms with Crippen LogP contribution in [0.3, 0.4) is 0 Å². The monoisotopic (exact) mass is 404 g/mol. The number of hydrogen-bond acceptors (Lipinski definition) is 3. The maximum Gasteiger partial charge on any atom is 0.293 e. The van der Waals surface area contributed by atoms with Crippen molar-refractivity contribution in [3.63, 3.8) is 0 Å². The fraction of sp³-hybridized carbons (Fsp3) is 0.591. The number of nitrogens with zero attached hydrogens (tertiary/aromatic N) is 2. The van der Waals surface area contributed by atoms with Gasteiger partial charge in [-0.1, -0.05) is 48.0 Å². The molecular weight excluding hydrogens is 372 g/mol. The fourth-order valence-electron chi connectivity index (χ4n) is 3.43. The van der Waals surface area contributed by atoms with Crippen LogP contribution in [0, 0.1) is 6.57 Å². The highest BCUT2D eigenvalue weighted by Gasteiger charge is 2.30. The molecule has 6 heteroatoms. The highest BCUT2D eigenvalue weighted by molar-refractivity contribution is 7.93. The van der Waals surface area contributed by atoms with Crippen molar-refractivity contribution in [1.29, 1.82) is 0 Å². The molecule has 1 saturated heterocycles. The normalized spacial score (nSPS) is 17.4. The number of rotatable bonds is 3. The van der Waals surface area contributed by atoms with Gasteiger partial charge in [0.25, 0.3) is 5.03 Å². The predicted molar refractivity (Wildman–Crippen MR) is 114 cm³/mol. The number of aromatic hydroxyl groups is 1. The Morgan fingerprint density at radius 2 is 1.50 bits per heavy atom. The average molecular weight is 405 g/mol. The van der Waals surface area contributed by atoms with Crippen molar-refractivity contribution in [1.82, 2.24) is 4.31 Å². The van der Waals surface area contributed by atoms with E-state index in [-0.39, 0.29) is 21.6 Å². The van der Waals surface area contributed by atoms with Gasteiger partial charge in [-0.2, -0.15) is 0 Å². The summed E-state index contributed by atoms with van der Waals surface area (Å²) < 4.78 is 27.3. The lowest BCUT2D eigenvalue weighted by atomic mass is 9.78. The molecule has 5 nitrogen and oxygen atoms in total. The summed E-state index contributed by atoms with van der Waals surface area (Å²) >= 11 is 0. The molecule has 0 aliphatic carbocycles. The van der Waals surface area contributed by atoms with Crippen LogP contribution < -0.4 is 0 Å². The fourth-order valence-corrected chi connectivity index (χ4v) is 4.83. The van der Waals surface area contributed by atoms with Gasteiger partial charge in [0, 0.05) is 24.2 Å². The molecular formula is C22H32N2O3S. The van der Waals surface area contributed by atoms with Gasteiger partial charge in [0.05, 0.1) is 6.57 Å². The number of sulfonamides is 1. The molecule has 0 spiro atoms. The first kappa shape index (κ1) is 22.4. The zero-order valence-corrected chi connectivity index (χ0v) is 18.7. The third-order valence-corrected chi connectivity index (χ3v) is 6.85. The largest absolute Gasteiger partial charge is 0.507 e. The zero-order valence-electron chi connectivity index (χ0n) is 17.8. The van der Waals surface area contributed by atoms with Gasteiger partial charge in [0.15, 0.2) is 0 Å². The van der Waals surface area contributed by atoms with E-state index in [0.29, 0.717) is 18.7 Å². The van der Waals surface area contributed by atoms with Gasteiger partial charge in [-0.15, -0.1) is 0 Å². The standard InChI is InChI=1S/C22H32N2O3S/c1-21(2,3)17-13-16(14-18(20(17)25)22(4,5)6)15-19(23-7)28(26,27)24-11-9-8-10-12-24/h13-15,25H,8-12H2,1-6H3. The molecule has 1 heterocycles. The molecule has 0 aromatic heterocycles. The molecule has 0 radical (unpaired) electrons. The van der Waals surface area contributed by atoms with Crippen molar-refractivity contribution in [3.8, 4) is 5.75 Å². The lowest BCUT2D eigenvalue weighted by Gasteiger charge is -2.28. The average Bonchev–Trinajstić information content (AvgIpc) is 2.59. The molecule has 0 amide bonds. The first-order chi connectivity index (χ1) is 12.8. The van der Waals surface area contributed by atoms with Crippen LogP contribution in [0.25, 0.3) is 10.9 Å². The number of phenolic OH excluding ortho intramolecular Hbond substituents is 1. The van der Waals surface area contributed by atoms with Gasteiger partial charge >= 0.3 is 0 Å². The second kappa shape index (κ2) is 7.88. The molecule has 154 valence electrons. The minimum atomic E-state index is -3.80. The molecule has 0 bridgehead atoms. The summed E-state index contributed by atoms with van der Waals surface area (Å²) in [4.78, 5) is 3.36. The summed E-state index contributed by atoms with van der Waals surface area (Å²) in [7, 11) is -3.80. The van der Waals surface area contributed by atoms with E-state index in [1.807, 2.05) is 41.5 Å². The summed E-state index contributed by atoms with van der Waals surface area (Å²) in [6, 6.07) is 3.59. The van der Waals surface area contributed by atoms with Gasteiger partial charge < -0.3 is 5.11 Å². The summed E-state index contributed by atoms with van der Waals surface area (Å²) in [5.41, 5.74) is 1.46. The van der Waals surface area contributed by atoms with E-state index in [2.05, 4.69) is 4.85 Å². The maximum atomic E-state index is 12.9. The van der Waals surface area contributed by atoms with Gasteiger partial charge in [-0.3, -0.25) is 0 Å². The van der Waals surface area contributed by atoms with E-state index in [1.165, 1.54) is 10.4 Å². The Morgan fingerprint density at radius 3 is 1.89 bits per heavy atom. The van der Waals surface area contributed by atoms with E-state index in [9.17, 15) is 13.5 Å². The van der Waals surface area contributed by atoms with Crippen LogP contribution in [0.5, 0.6) is 5.75 Å². The Hall–Kier alpha value is -1.84. The molecule has 2 rings (SSSR count). The third kappa shape index (κ3) is 4.76. The molecule has 28 heavy (non-hydrogen) atoms. The SMILES string of the molecule is [C-]#[N+]C(=Cc1cc(C(C)(C)C)c(O)c(C(C)(C)C)c1)S(=O)(=O)N1CCCCC1. The minimum Gasteiger partial charge on any atom is -0.507 e. The van der Waals surface area contributed by atoms with E-state index in [0.717, 1.165) is 30.4 Å². The summed E-state index contributed by atoms with van der Waals surface area (Å²) in [5, 5.41) is 10.6. The Bertz CT molecular complexity index is 870. The van der Waals surface area contributed by atoms with E-state index >= 15 is 0 Å². The van der Waals surface area contributed by atoms with Crippen molar-refractivity contribution in [3.05, 3.63) is 45.3 Å². The molecule has 1 fully saturated rings. The van der Waals surface area contributed by atoms with Gasteiger partial charge in [0.2, 0.25) is 10.0 Å². The second-order valence-corrected chi connectivity index (χ2v) is 11.4. The van der Waals surface area contributed by atoms with Gasteiger partial charge in [-0.25, -0.2) is 17.6 Å². The molecule has 1 aromatic rings. The highest BCUT2D eigenvalue weighted by Crippen LogP contribution is 2.40. The molecule has 1 N–H and O–H groups in total.